The van der Waals surface area contributed by atoms with Crippen LogP contribution < -0.4 is 0 Å². The Morgan fingerprint density at radius 1 is 1.14 bits per heavy atom. The first-order valence-corrected chi connectivity index (χ1v) is 9.58. The molecular weight excluding hydrogens is 354 g/mol. The number of hydrogen-bond acceptors (Lipinski definition) is 5. The average molecular weight is 377 g/mol. The van der Waals surface area contributed by atoms with Gasteiger partial charge in [0.15, 0.2) is 0 Å². The first kappa shape index (κ1) is 18.3. The van der Waals surface area contributed by atoms with Crippen LogP contribution in [0.3, 0.4) is 0 Å². The van der Waals surface area contributed by atoms with Crippen LogP contribution >= 0.6 is 0 Å². The summed E-state index contributed by atoms with van der Waals surface area (Å²) in [4.78, 5) is 14.7. The fraction of sp³-hybridized carbons (Fsp3) is 0.333. The van der Waals surface area contributed by atoms with Gasteiger partial charge in [-0.2, -0.15) is 5.21 Å². The maximum atomic E-state index is 12.9. The van der Waals surface area contributed by atoms with E-state index in [0.717, 1.165) is 24.0 Å². The summed E-state index contributed by atoms with van der Waals surface area (Å²) in [6.45, 7) is 3.60. The Labute approximate surface area is 163 Å². The molecule has 0 bridgehead atoms. The molecule has 1 aliphatic rings. The number of tetrazole rings is 1. The minimum atomic E-state index is -0.350. The molecule has 4 rings (SSSR count). The predicted octanol–water partition coefficient (Wildman–Crippen LogP) is 3.03. The topological polar surface area (TPSA) is 84.0 Å². The van der Waals surface area contributed by atoms with Crippen molar-refractivity contribution in [2.45, 2.75) is 25.9 Å². The summed E-state index contributed by atoms with van der Waals surface area (Å²) in [5.74, 6) is 0.459. The van der Waals surface area contributed by atoms with Gasteiger partial charge in [0, 0.05) is 12.1 Å². The molecular formula is C21H23N5O2. The van der Waals surface area contributed by atoms with Crippen molar-refractivity contribution in [3.63, 3.8) is 0 Å². The molecule has 0 aliphatic carbocycles. The fourth-order valence-electron chi connectivity index (χ4n) is 3.44. The highest BCUT2D eigenvalue weighted by molar-refractivity contribution is 5.94. The lowest BCUT2D eigenvalue weighted by molar-refractivity contribution is -0.0268. The number of hydrogen-bond donors (Lipinski definition) is 1. The lowest BCUT2D eigenvalue weighted by atomic mass is 10.0. The number of rotatable bonds is 5. The Morgan fingerprint density at radius 3 is 2.50 bits per heavy atom. The van der Waals surface area contributed by atoms with Gasteiger partial charge < -0.3 is 9.64 Å². The summed E-state index contributed by atoms with van der Waals surface area (Å²) in [6.07, 6.45) is 1.89. The van der Waals surface area contributed by atoms with Crippen molar-refractivity contribution >= 4 is 5.91 Å². The molecule has 1 amide bonds. The Hall–Kier alpha value is -3.06. The number of carbonyl (C=O) groups excluding carboxylic acids is 1. The van der Waals surface area contributed by atoms with Gasteiger partial charge >= 0.3 is 0 Å². The van der Waals surface area contributed by atoms with Gasteiger partial charge in [-0.25, -0.2) is 0 Å². The average Bonchev–Trinajstić information content (AvgIpc) is 3.29. The molecule has 0 saturated carbocycles. The molecule has 1 aromatic heterocycles. The number of nitrogens with one attached hydrogen (secondary N) is 1. The second-order valence-corrected chi connectivity index (χ2v) is 6.90. The van der Waals surface area contributed by atoms with E-state index in [1.807, 2.05) is 24.3 Å². The van der Waals surface area contributed by atoms with Crippen molar-refractivity contribution in [1.82, 2.24) is 25.5 Å². The Morgan fingerprint density at radius 2 is 1.86 bits per heavy atom. The predicted molar refractivity (Wildman–Crippen MR) is 105 cm³/mol. The molecule has 7 heteroatoms. The Balaban J connectivity index is 1.45. The van der Waals surface area contributed by atoms with Crippen LogP contribution in [0.5, 0.6) is 0 Å². The molecule has 1 N–H and O–H groups in total. The third-order valence-electron chi connectivity index (χ3n) is 4.96. The second-order valence-electron chi connectivity index (χ2n) is 6.90. The monoisotopic (exact) mass is 377 g/mol. The van der Waals surface area contributed by atoms with Gasteiger partial charge in [0.2, 0.25) is 5.82 Å². The van der Waals surface area contributed by atoms with Gasteiger partial charge in [-0.15, -0.1) is 10.2 Å². The van der Waals surface area contributed by atoms with Crippen LogP contribution in [-0.2, 0) is 11.2 Å². The van der Waals surface area contributed by atoms with Gasteiger partial charge in [-0.3, -0.25) is 4.79 Å². The highest BCUT2D eigenvalue weighted by Crippen LogP contribution is 2.23. The normalized spacial score (nSPS) is 16.9. The quantitative estimate of drug-likeness (QED) is 0.739. The van der Waals surface area contributed by atoms with Crippen molar-refractivity contribution in [1.29, 1.82) is 0 Å². The second kappa shape index (κ2) is 8.31. The van der Waals surface area contributed by atoms with Crippen molar-refractivity contribution in [2.75, 3.05) is 19.7 Å². The number of nitrogens with zero attached hydrogens (tertiary/aromatic N) is 4. The molecule has 3 aromatic rings. The van der Waals surface area contributed by atoms with Crippen molar-refractivity contribution < 1.29 is 9.53 Å². The van der Waals surface area contributed by atoms with Crippen molar-refractivity contribution in [3.8, 4) is 11.1 Å². The van der Waals surface area contributed by atoms with Crippen molar-refractivity contribution in [3.05, 3.63) is 65.5 Å². The van der Waals surface area contributed by atoms with E-state index in [2.05, 4.69) is 51.8 Å². The zero-order chi connectivity index (χ0) is 19.3. The lowest BCUT2D eigenvalue weighted by Crippen LogP contribution is -2.42. The van der Waals surface area contributed by atoms with Gasteiger partial charge in [-0.1, -0.05) is 55.0 Å². The smallest absolute Gasteiger partial charge is 0.254 e. The SMILES string of the molecule is CCCc1ccc(-c2ccc(C(=O)N3CCOC(c4nn[nH]n4)C3)cc2)cc1. The number of carbonyl (C=O) groups is 1. The van der Waals surface area contributed by atoms with Crippen LogP contribution in [0.15, 0.2) is 48.5 Å². The molecule has 144 valence electrons. The minimum absolute atomic E-state index is 0.0124. The zero-order valence-electron chi connectivity index (χ0n) is 15.8. The number of benzene rings is 2. The Kier molecular flexibility index (Phi) is 5.43. The van der Waals surface area contributed by atoms with E-state index in [-0.39, 0.29) is 12.0 Å². The molecule has 1 fully saturated rings. The van der Waals surface area contributed by atoms with Crippen LogP contribution in [-0.4, -0.2) is 51.1 Å². The van der Waals surface area contributed by atoms with Crippen molar-refractivity contribution in [2.24, 2.45) is 0 Å². The van der Waals surface area contributed by atoms with Gasteiger partial charge in [0.25, 0.3) is 5.91 Å². The first-order chi connectivity index (χ1) is 13.7. The number of morpholine rings is 1. The number of H-pyrrole nitrogens is 1. The molecule has 1 saturated heterocycles. The third-order valence-corrected chi connectivity index (χ3v) is 4.96. The molecule has 2 heterocycles. The van der Waals surface area contributed by atoms with Crippen LogP contribution in [0.4, 0.5) is 0 Å². The standard InChI is InChI=1S/C21H23N5O2/c1-2-3-15-4-6-16(7-5-15)17-8-10-18(11-9-17)21(27)26-12-13-28-19(14-26)20-22-24-25-23-20/h4-11,19H,2-3,12-14H2,1H3,(H,22,23,24,25). The van der Waals surface area contributed by atoms with E-state index in [1.54, 1.807) is 4.90 Å². The van der Waals surface area contributed by atoms with E-state index in [4.69, 9.17) is 4.74 Å². The molecule has 7 nitrogen and oxygen atoms in total. The van der Waals surface area contributed by atoms with Crippen LogP contribution in [0, 0.1) is 0 Å². The molecule has 1 atom stereocenters. The van der Waals surface area contributed by atoms with E-state index in [9.17, 15) is 4.79 Å². The highest BCUT2D eigenvalue weighted by Gasteiger charge is 2.28. The summed E-state index contributed by atoms with van der Waals surface area (Å²) in [7, 11) is 0. The zero-order valence-corrected chi connectivity index (χ0v) is 15.8. The van der Waals surface area contributed by atoms with E-state index in [0.29, 0.717) is 31.1 Å². The molecule has 1 aliphatic heterocycles. The Bertz CT molecular complexity index is 907. The summed E-state index contributed by atoms with van der Waals surface area (Å²) in [5.41, 5.74) is 4.27. The maximum Gasteiger partial charge on any atom is 0.254 e. The number of aromatic nitrogens is 4. The third kappa shape index (κ3) is 3.94. The maximum absolute atomic E-state index is 12.9. The summed E-state index contributed by atoms with van der Waals surface area (Å²) < 4.78 is 5.66. The molecule has 2 aromatic carbocycles. The van der Waals surface area contributed by atoms with Crippen LogP contribution in [0.2, 0.25) is 0 Å². The van der Waals surface area contributed by atoms with Crippen LogP contribution in [0.25, 0.3) is 11.1 Å². The van der Waals surface area contributed by atoms with Gasteiger partial charge in [-0.05, 0) is 35.2 Å². The lowest BCUT2D eigenvalue weighted by Gasteiger charge is -2.31. The summed E-state index contributed by atoms with van der Waals surface area (Å²) in [5, 5.41) is 13.9. The van der Waals surface area contributed by atoms with E-state index in [1.165, 1.54) is 5.56 Å². The molecule has 1 unspecified atom stereocenters. The van der Waals surface area contributed by atoms with Gasteiger partial charge in [0.1, 0.15) is 6.10 Å². The number of aromatic amines is 1. The first-order valence-electron chi connectivity index (χ1n) is 9.58. The number of ether oxygens (including phenoxy) is 1. The molecule has 0 radical (unpaired) electrons. The van der Waals surface area contributed by atoms with Gasteiger partial charge in [0.05, 0.1) is 13.2 Å². The summed E-state index contributed by atoms with van der Waals surface area (Å²) >= 11 is 0. The summed E-state index contributed by atoms with van der Waals surface area (Å²) in [6, 6.07) is 16.4. The fourth-order valence-corrected chi connectivity index (χ4v) is 3.44. The van der Waals surface area contributed by atoms with E-state index < -0.39 is 0 Å². The van der Waals surface area contributed by atoms with E-state index >= 15 is 0 Å². The number of aryl methyl sites for hydroxylation is 1. The highest BCUT2D eigenvalue weighted by atomic mass is 16.5. The largest absolute Gasteiger partial charge is 0.366 e. The molecule has 0 spiro atoms. The van der Waals surface area contributed by atoms with Crippen LogP contribution in [0.1, 0.15) is 41.2 Å². The minimum Gasteiger partial charge on any atom is -0.366 e. The molecule has 28 heavy (non-hydrogen) atoms. The number of amides is 1.